The Hall–Kier alpha value is -1.82. The van der Waals surface area contributed by atoms with Crippen LogP contribution in [0.4, 0.5) is 11.4 Å². The first-order chi connectivity index (χ1) is 9.51. The molecule has 1 saturated heterocycles. The zero-order valence-corrected chi connectivity index (χ0v) is 11.9. The van der Waals surface area contributed by atoms with Gasteiger partial charge in [0.1, 0.15) is 0 Å². The second kappa shape index (κ2) is 6.09. The average Bonchev–Trinajstić information content (AvgIpc) is 2.88. The summed E-state index contributed by atoms with van der Waals surface area (Å²) in [7, 11) is 0. The van der Waals surface area contributed by atoms with Gasteiger partial charge in [-0.25, -0.2) is 0 Å². The molecule has 1 fully saturated rings. The first kappa shape index (κ1) is 14.6. The number of hydrogen-bond acceptors (Lipinski definition) is 4. The zero-order chi connectivity index (χ0) is 14.7. The standard InChI is InChI=1S/C13H16ClN3O3/c1-2-13(18)16-6-5-9(8-16)15-12-4-3-10(17(19)20)7-11(12)14/h3-4,7,9,15H,2,5-6,8H2,1H3. The quantitative estimate of drug-likeness (QED) is 0.685. The lowest BCUT2D eigenvalue weighted by Gasteiger charge is -2.17. The highest BCUT2D eigenvalue weighted by Crippen LogP contribution is 2.28. The van der Waals surface area contributed by atoms with Crippen molar-refractivity contribution in [3.63, 3.8) is 0 Å². The summed E-state index contributed by atoms with van der Waals surface area (Å²) in [5.41, 5.74) is 0.628. The van der Waals surface area contributed by atoms with Gasteiger partial charge >= 0.3 is 0 Å². The molecule has 2 rings (SSSR count). The Kier molecular flexibility index (Phi) is 4.44. The first-order valence-electron chi connectivity index (χ1n) is 6.49. The Morgan fingerprint density at radius 2 is 2.35 bits per heavy atom. The van der Waals surface area contributed by atoms with Crippen molar-refractivity contribution in [2.24, 2.45) is 0 Å². The van der Waals surface area contributed by atoms with E-state index in [1.807, 2.05) is 11.8 Å². The summed E-state index contributed by atoms with van der Waals surface area (Å²) in [6.07, 6.45) is 1.35. The molecule has 108 valence electrons. The Morgan fingerprint density at radius 3 is 2.95 bits per heavy atom. The van der Waals surface area contributed by atoms with Crippen LogP contribution < -0.4 is 5.32 Å². The molecule has 1 aliphatic heterocycles. The molecule has 7 heteroatoms. The molecule has 0 aromatic heterocycles. The lowest BCUT2D eigenvalue weighted by molar-refractivity contribution is -0.384. The molecule has 1 aliphatic rings. The first-order valence-corrected chi connectivity index (χ1v) is 6.87. The molecular weight excluding hydrogens is 282 g/mol. The number of benzene rings is 1. The van der Waals surface area contributed by atoms with Crippen LogP contribution in [0, 0.1) is 10.1 Å². The maximum atomic E-state index is 11.6. The molecule has 0 radical (unpaired) electrons. The summed E-state index contributed by atoms with van der Waals surface area (Å²) in [5, 5.41) is 14.2. The minimum Gasteiger partial charge on any atom is -0.379 e. The second-order valence-electron chi connectivity index (χ2n) is 4.74. The van der Waals surface area contributed by atoms with Crippen LogP contribution in [-0.4, -0.2) is 34.9 Å². The van der Waals surface area contributed by atoms with Crippen molar-refractivity contribution in [3.8, 4) is 0 Å². The third-order valence-corrected chi connectivity index (χ3v) is 3.68. The Morgan fingerprint density at radius 1 is 1.60 bits per heavy atom. The van der Waals surface area contributed by atoms with Gasteiger partial charge in [-0.3, -0.25) is 14.9 Å². The molecule has 1 atom stereocenters. The van der Waals surface area contributed by atoms with Crippen molar-refractivity contribution in [1.29, 1.82) is 0 Å². The van der Waals surface area contributed by atoms with Crippen LogP contribution in [-0.2, 0) is 4.79 Å². The van der Waals surface area contributed by atoms with Gasteiger partial charge in [0.05, 0.1) is 15.6 Å². The number of likely N-dealkylation sites (tertiary alicyclic amines) is 1. The highest BCUT2D eigenvalue weighted by Gasteiger charge is 2.25. The Balaban J connectivity index is 2.01. The highest BCUT2D eigenvalue weighted by atomic mass is 35.5. The number of rotatable bonds is 4. The smallest absolute Gasteiger partial charge is 0.271 e. The number of amides is 1. The molecule has 1 N–H and O–H groups in total. The van der Waals surface area contributed by atoms with E-state index in [4.69, 9.17) is 11.6 Å². The summed E-state index contributed by atoms with van der Waals surface area (Å²) in [6.45, 7) is 3.21. The molecule has 0 saturated carbocycles. The number of nitrogens with zero attached hydrogens (tertiary/aromatic N) is 2. The zero-order valence-electron chi connectivity index (χ0n) is 11.1. The molecule has 1 amide bonds. The molecule has 20 heavy (non-hydrogen) atoms. The minimum absolute atomic E-state index is 0.0326. The van der Waals surface area contributed by atoms with E-state index >= 15 is 0 Å². The van der Waals surface area contributed by atoms with Gasteiger partial charge in [0.15, 0.2) is 0 Å². The fourth-order valence-corrected chi connectivity index (χ4v) is 2.51. The maximum absolute atomic E-state index is 11.6. The summed E-state index contributed by atoms with van der Waals surface area (Å²) in [5.74, 6) is 0.143. The molecule has 1 aromatic rings. The number of carbonyl (C=O) groups excluding carboxylic acids is 1. The van der Waals surface area contributed by atoms with E-state index in [1.54, 1.807) is 6.07 Å². The van der Waals surface area contributed by atoms with E-state index in [9.17, 15) is 14.9 Å². The van der Waals surface area contributed by atoms with Gasteiger partial charge in [-0.2, -0.15) is 0 Å². The summed E-state index contributed by atoms with van der Waals surface area (Å²) in [6, 6.07) is 4.47. The van der Waals surface area contributed by atoms with Gasteiger partial charge in [-0.15, -0.1) is 0 Å². The Labute approximate surface area is 121 Å². The number of carbonyl (C=O) groups is 1. The largest absolute Gasteiger partial charge is 0.379 e. The Bertz CT molecular complexity index is 536. The van der Waals surface area contributed by atoms with Gasteiger partial charge in [0.2, 0.25) is 5.91 Å². The maximum Gasteiger partial charge on any atom is 0.271 e. The van der Waals surface area contributed by atoms with E-state index in [2.05, 4.69) is 5.32 Å². The molecular formula is C13H16ClN3O3. The summed E-state index contributed by atoms with van der Waals surface area (Å²) >= 11 is 6.03. The average molecular weight is 298 g/mol. The predicted octanol–water partition coefficient (Wildman–Crippen LogP) is 2.67. The molecule has 1 aromatic carbocycles. The van der Waals surface area contributed by atoms with E-state index < -0.39 is 4.92 Å². The lowest BCUT2D eigenvalue weighted by atomic mass is 10.2. The monoisotopic (exact) mass is 297 g/mol. The highest BCUT2D eigenvalue weighted by molar-refractivity contribution is 6.33. The van der Waals surface area contributed by atoms with Crippen molar-refractivity contribution in [1.82, 2.24) is 4.90 Å². The number of nitrogens with one attached hydrogen (secondary N) is 1. The molecule has 0 bridgehead atoms. The van der Waals surface area contributed by atoms with E-state index in [-0.39, 0.29) is 17.6 Å². The number of nitro groups is 1. The second-order valence-corrected chi connectivity index (χ2v) is 5.15. The van der Waals surface area contributed by atoms with Crippen LogP contribution in [0.5, 0.6) is 0 Å². The van der Waals surface area contributed by atoms with Crippen LogP contribution >= 0.6 is 11.6 Å². The van der Waals surface area contributed by atoms with Crippen molar-refractivity contribution >= 4 is 28.9 Å². The third kappa shape index (κ3) is 3.19. The number of halogens is 1. The van der Waals surface area contributed by atoms with Crippen LogP contribution in [0.2, 0.25) is 5.02 Å². The number of nitro benzene ring substituents is 1. The van der Waals surface area contributed by atoms with E-state index in [1.165, 1.54) is 12.1 Å². The van der Waals surface area contributed by atoms with Crippen LogP contribution in [0.25, 0.3) is 0 Å². The van der Waals surface area contributed by atoms with Crippen molar-refractivity contribution < 1.29 is 9.72 Å². The SMILES string of the molecule is CCC(=O)N1CCC(Nc2ccc([N+](=O)[O-])cc2Cl)C1. The van der Waals surface area contributed by atoms with Crippen molar-refractivity contribution in [3.05, 3.63) is 33.3 Å². The van der Waals surface area contributed by atoms with Crippen molar-refractivity contribution in [2.45, 2.75) is 25.8 Å². The molecule has 6 nitrogen and oxygen atoms in total. The van der Waals surface area contributed by atoms with Crippen LogP contribution in [0.15, 0.2) is 18.2 Å². The summed E-state index contributed by atoms with van der Waals surface area (Å²) < 4.78 is 0. The fourth-order valence-electron chi connectivity index (χ4n) is 2.28. The molecule has 0 spiro atoms. The topological polar surface area (TPSA) is 75.5 Å². The van der Waals surface area contributed by atoms with Gasteiger partial charge < -0.3 is 10.2 Å². The van der Waals surface area contributed by atoms with Crippen LogP contribution in [0.3, 0.4) is 0 Å². The van der Waals surface area contributed by atoms with Gasteiger partial charge in [0.25, 0.3) is 5.69 Å². The van der Waals surface area contributed by atoms with Crippen molar-refractivity contribution in [2.75, 3.05) is 18.4 Å². The number of non-ortho nitro benzene ring substituents is 1. The molecule has 0 aliphatic carbocycles. The normalized spacial score (nSPS) is 18.1. The predicted molar refractivity (Wildman–Crippen MR) is 77.0 cm³/mol. The summed E-state index contributed by atoms with van der Waals surface area (Å²) in [4.78, 5) is 23.6. The lowest BCUT2D eigenvalue weighted by Crippen LogP contribution is -2.30. The van der Waals surface area contributed by atoms with Gasteiger partial charge in [-0.05, 0) is 12.5 Å². The number of hydrogen-bond donors (Lipinski definition) is 1. The van der Waals surface area contributed by atoms with Gasteiger partial charge in [-0.1, -0.05) is 18.5 Å². The van der Waals surface area contributed by atoms with Gasteiger partial charge in [0, 0.05) is 37.7 Å². The number of anilines is 1. The third-order valence-electron chi connectivity index (χ3n) is 3.37. The van der Waals surface area contributed by atoms with Crippen LogP contribution in [0.1, 0.15) is 19.8 Å². The molecule has 1 unspecified atom stereocenters. The van der Waals surface area contributed by atoms with E-state index in [0.717, 1.165) is 13.0 Å². The fraction of sp³-hybridized carbons (Fsp3) is 0.462. The molecule has 1 heterocycles. The minimum atomic E-state index is -0.479. The van der Waals surface area contributed by atoms with E-state index in [0.29, 0.717) is 23.7 Å².